The normalized spacial score (nSPS) is 11.5. The molecule has 0 spiro atoms. The van der Waals surface area contributed by atoms with E-state index in [2.05, 4.69) is 104 Å². The van der Waals surface area contributed by atoms with Crippen molar-refractivity contribution in [1.29, 1.82) is 0 Å². The van der Waals surface area contributed by atoms with E-state index in [-0.39, 0.29) is 0 Å². The zero-order valence-corrected chi connectivity index (χ0v) is 24.3. The molecule has 0 fully saturated rings. The lowest BCUT2D eigenvalue weighted by atomic mass is 10.1. The molecule has 5 rings (SSSR count). The van der Waals surface area contributed by atoms with Gasteiger partial charge in [-0.2, -0.15) is 0 Å². The number of aryl methyl sites for hydroxylation is 1. The van der Waals surface area contributed by atoms with Crippen LogP contribution in [-0.2, 0) is 15.9 Å². The topological polar surface area (TPSA) is 18.5 Å². The predicted octanol–water partition coefficient (Wildman–Crippen LogP) is 9.95. The summed E-state index contributed by atoms with van der Waals surface area (Å²) < 4.78 is 11.0. The first-order valence-electron chi connectivity index (χ1n) is 13.0. The van der Waals surface area contributed by atoms with Gasteiger partial charge in [0.05, 0.1) is 19.8 Å². The molecule has 0 bridgehead atoms. The summed E-state index contributed by atoms with van der Waals surface area (Å²) in [5, 5.41) is 0. The van der Waals surface area contributed by atoms with E-state index in [4.69, 9.17) is 9.47 Å². The van der Waals surface area contributed by atoms with E-state index in [9.17, 15) is 0 Å². The van der Waals surface area contributed by atoms with Gasteiger partial charge < -0.3 is 9.47 Å². The van der Waals surface area contributed by atoms with Crippen molar-refractivity contribution in [1.82, 2.24) is 0 Å². The highest BCUT2D eigenvalue weighted by molar-refractivity contribution is 7.23. The molecule has 2 aromatic carbocycles. The van der Waals surface area contributed by atoms with Gasteiger partial charge in [0.15, 0.2) is 0 Å². The van der Waals surface area contributed by atoms with Gasteiger partial charge in [-0.15, -0.1) is 34.0 Å². The second-order valence-electron chi connectivity index (χ2n) is 8.98. The van der Waals surface area contributed by atoms with Crippen molar-refractivity contribution in [2.24, 2.45) is 0 Å². The van der Waals surface area contributed by atoms with Gasteiger partial charge in [0.2, 0.25) is 0 Å². The fraction of sp³-hybridized carbons (Fsp3) is 0.212. The lowest BCUT2D eigenvalue weighted by Gasteiger charge is -2.02. The van der Waals surface area contributed by atoms with Crippen LogP contribution in [0.2, 0.25) is 0 Å². The molecule has 5 heteroatoms. The lowest BCUT2D eigenvalue weighted by molar-refractivity contribution is 0.0543. The Morgan fingerprint density at radius 2 is 1.11 bits per heavy atom. The number of ether oxygens (including phenoxy) is 2. The molecule has 0 unspecified atom stereocenters. The van der Waals surface area contributed by atoms with E-state index >= 15 is 0 Å². The van der Waals surface area contributed by atoms with E-state index in [1.165, 1.54) is 51.5 Å². The van der Waals surface area contributed by atoms with Crippen LogP contribution in [0.15, 0.2) is 84.9 Å². The molecule has 194 valence electrons. The van der Waals surface area contributed by atoms with Crippen LogP contribution in [0.3, 0.4) is 0 Å². The molecule has 0 atom stereocenters. The minimum atomic E-state index is 0.664. The summed E-state index contributed by atoms with van der Waals surface area (Å²) in [7, 11) is 0. The SMILES string of the molecule is CCOCCOCCc1ccc(-c2ccc(-c3ccc(/C=C/c4ccc(-c5ccc(C)s5)cc4)cc3)s2)s1. The van der Waals surface area contributed by atoms with Gasteiger partial charge >= 0.3 is 0 Å². The second-order valence-corrected chi connectivity index (χ2v) is 12.5. The minimum absolute atomic E-state index is 0.664. The van der Waals surface area contributed by atoms with E-state index in [0.717, 1.165) is 19.6 Å². The van der Waals surface area contributed by atoms with Gasteiger partial charge in [-0.1, -0.05) is 60.7 Å². The highest BCUT2D eigenvalue weighted by Gasteiger charge is 2.08. The number of rotatable bonds is 12. The lowest BCUT2D eigenvalue weighted by Crippen LogP contribution is -2.05. The molecule has 3 heterocycles. The molecule has 0 aliphatic heterocycles. The quantitative estimate of drug-likeness (QED) is 0.112. The molecule has 38 heavy (non-hydrogen) atoms. The van der Waals surface area contributed by atoms with Crippen LogP contribution < -0.4 is 0 Å². The molecule has 0 radical (unpaired) electrons. The first-order valence-corrected chi connectivity index (χ1v) is 15.4. The zero-order valence-electron chi connectivity index (χ0n) is 21.8. The Bertz CT molecular complexity index is 1450. The van der Waals surface area contributed by atoms with Gasteiger partial charge in [-0.3, -0.25) is 0 Å². The largest absolute Gasteiger partial charge is 0.379 e. The molecular formula is C33H32O2S3. The summed E-state index contributed by atoms with van der Waals surface area (Å²) in [6.07, 6.45) is 5.31. The molecule has 0 aliphatic carbocycles. The molecular weight excluding hydrogens is 525 g/mol. The summed E-state index contributed by atoms with van der Waals surface area (Å²) in [4.78, 5) is 7.97. The maximum Gasteiger partial charge on any atom is 0.0700 e. The van der Waals surface area contributed by atoms with Gasteiger partial charge in [-0.05, 0) is 72.5 Å². The number of hydrogen-bond acceptors (Lipinski definition) is 5. The predicted molar refractivity (Wildman–Crippen MR) is 168 cm³/mol. The number of thiophene rings is 3. The summed E-state index contributed by atoms with van der Waals surface area (Å²) in [5.41, 5.74) is 4.95. The third-order valence-electron chi connectivity index (χ3n) is 6.18. The molecule has 5 aromatic rings. The van der Waals surface area contributed by atoms with Crippen LogP contribution in [-0.4, -0.2) is 26.4 Å². The smallest absolute Gasteiger partial charge is 0.0700 e. The molecule has 0 saturated heterocycles. The van der Waals surface area contributed by atoms with Crippen LogP contribution in [0.1, 0.15) is 27.8 Å². The Labute approximate surface area is 237 Å². The van der Waals surface area contributed by atoms with Crippen molar-refractivity contribution in [3.63, 3.8) is 0 Å². The highest BCUT2D eigenvalue weighted by Crippen LogP contribution is 2.38. The molecule has 0 aliphatic rings. The van der Waals surface area contributed by atoms with Crippen molar-refractivity contribution in [3.05, 3.63) is 106 Å². The maximum absolute atomic E-state index is 5.67. The summed E-state index contributed by atoms with van der Waals surface area (Å²) in [6, 6.07) is 30.9. The Balaban J connectivity index is 1.16. The summed E-state index contributed by atoms with van der Waals surface area (Å²) in [5.74, 6) is 0. The highest BCUT2D eigenvalue weighted by atomic mass is 32.1. The Morgan fingerprint density at radius 3 is 1.74 bits per heavy atom. The van der Waals surface area contributed by atoms with Crippen LogP contribution in [0, 0.1) is 6.92 Å². The monoisotopic (exact) mass is 556 g/mol. The Kier molecular flexibility index (Phi) is 9.39. The summed E-state index contributed by atoms with van der Waals surface area (Å²) in [6.45, 7) is 6.97. The number of benzene rings is 2. The first-order chi connectivity index (χ1) is 18.7. The average molecular weight is 557 g/mol. The first kappa shape index (κ1) is 26.8. The van der Waals surface area contributed by atoms with Crippen molar-refractivity contribution in [2.45, 2.75) is 20.3 Å². The fourth-order valence-corrected chi connectivity index (χ4v) is 7.07. The third kappa shape index (κ3) is 7.19. The maximum atomic E-state index is 5.67. The molecule has 2 nitrogen and oxygen atoms in total. The summed E-state index contributed by atoms with van der Waals surface area (Å²) >= 11 is 5.55. The van der Waals surface area contributed by atoms with Crippen molar-refractivity contribution in [2.75, 3.05) is 26.4 Å². The van der Waals surface area contributed by atoms with Gasteiger partial charge in [-0.25, -0.2) is 0 Å². The zero-order chi connectivity index (χ0) is 26.2. The van der Waals surface area contributed by atoms with E-state index in [1.54, 1.807) is 0 Å². The van der Waals surface area contributed by atoms with Gasteiger partial charge in [0.25, 0.3) is 0 Å². The van der Waals surface area contributed by atoms with Crippen LogP contribution in [0.4, 0.5) is 0 Å². The van der Waals surface area contributed by atoms with Crippen LogP contribution in [0.25, 0.3) is 42.8 Å². The molecule has 0 saturated carbocycles. The van der Waals surface area contributed by atoms with Crippen molar-refractivity contribution in [3.8, 4) is 30.6 Å². The second kappa shape index (κ2) is 13.3. The standard InChI is InChI=1S/C33H32O2S3/c1-3-34-22-23-35-21-20-29-15-17-32(37-29)33-19-18-31(38-33)28-13-9-26(10-14-28)6-5-25-7-11-27(12-8-25)30-16-4-24(2)36-30/h4-19H,3,20-23H2,1-2H3/b6-5+. The molecule has 0 amide bonds. The van der Waals surface area contributed by atoms with Gasteiger partial charge in [0, 0.05) is 42.3 Å². The Morgan fingerprint density at radius 1 is 0.553 bits per heavy atom. The molecule has 0 N–H and O–H groups in total. The molecule has 3 aromatic heterocycles. The van der Waals surface area contributed by atoms with E-state index in [0.29, 0.717) is 13.2 Å². The van der Waals surface area contributed by atoms with E-state index in [1.807, 2.05) is 40.9 Å². The van der Waals surface area contributed by atoms with Crippen LogP contribution >= 0.6 is 34.0 Å². The van der Waals surface area contributed by atoms with Crippen molar-refractivity contribution >= 4 is 46.2 Å². The minimum Gasteiger partial charge on any atom is -0.379 e. The Hall–Kier alpha value is -2.80. The fourth-order valence-electron chi connectivity index (χ4n) is 4.11. The van der Waals surface area contributed by atoms with Crippen LogP contribution in [0.5, 0.6) is 0 Å². The van der Waals surface area contributed by atoms with E-state index < -0.39 is 0 Å². The van der Waals surface area contributed by atoms with Gasteiger partial charge in [0.1, 0.15) is 0 Å². The average Bonchev–Trinajstić information content (AvgIpc) is 3.71. The number of hydrogen-bond donors (Lipinski definition) is 0. The van der Waals surface area contributed by atoms with Crippen molar-refractivity contribution < 1.29 is 9.47 Å². The third-order valence-corrected chi connectivity index (χ3v) is 9.70.